The molecule has 90 valence electrons. The molecule has 0 heterocycles. The Morgan fingerprint density at radius 1 is 1.20 bits per heavy atom. The first-order chi connectivity index (χ1) is 7.30. The van der Waals surface area contributed by atoms with Crippen LogP contribution in [0.2, 0.25) is 0 Å². The van der Waals surface area contributed by atoms with Crippen molar-refractivity contribution < 1.29 is 0 Å². The van der Waals surface area contributed by atoms with Crippen LogP contribution in [-0.4, -0.2) is 13.1 Å². The molecular weight excluding hydrogens is 182 g/mol. The van der Waals surface area contributed by atoms with E-state index in [9.17, 15) is 0 Å². The third kappa shape index (κ3) is 4.55. The van der Waals surface area contributed by atoms with E-state index in [4.69, 9.17) is 0 Å². The zero-order valence-electron chi connectivity index (χ0n) is 10.9. The van der Waals surface area contributed by atoms with Gasteiger partial charge in [-0.15, -0.1) is 0 Å². The number of nitrogens with one attached hydrogen (secondary N) is 1. The second-order valence-electron chi connectivity index (χ2n) is 5.28. The average Bonchev–Trinajstić information content (AvgIpc) is 2.31. The van der Waals surface area contributed by atoms with Gasteiger partial charge in [-0.1, -0.05) is 39.5 Å². The van der Waals surface area contributed by atoms with Gasteiger partial charge in [0.05, 0.1) is 0 Å². The van der Waals surface area contributed by atoms with Crippen molar-refractivity contribution >= 4 is 0 Å². The molecule has 15 heavy (non-hydrogen) atoms. The van der Waals surface area contributed by atoms with E-state index < -0.39 is 0 Å². The lowest BCUT2D eigenvalue weighted by Crippen LogP contribution is -2.25. The largest absolute Gasteiger partial charge is 0.317 e. The van der Waals surface area contributed by atoms with E-state index in [1.807, 2.05) is 0 Å². The lowest BCUT2D eigenvalue weighted by atomic mass is 9.78. The Labute approximate surface area is 96.0 Å². The van der Waals surface area contributed by atoms with Crippen LogP contribution in [0, 0.1) is 11.8 Å². The molecule has 1 rings (SSSR count). The molecule has 0 aliphatic heterocycles. The fraction of sp³-hybridized carbons (Fsp3) is 1.00. The van der Waals surface area contributed by atoms with Crippen molar-refractivity contribution in [3.63, 3.8) is 0 Å². The maximum atomic E-state index is 3.42. The fourth-order valence-electron chi connectivity index (χ4n) is 3.02. The van der Waals surface area contributed by atoms with Crippen molar-refractivity contribution in [1.82, 2.24) is 5.32 Å². The van der Waals surface area contributed by atoms with Crippen LogP contribution >= 0.6 is 0 Å². The third-order valence-corrected chi connectivity index (χ3v) is 4.29. The van der Waals surface area contributed by atoms with E-state index in [1.54, 1.807) is 0 Å². The molecule has 1 N–H and O–H groups in total. The molecule has 0 radical (unpaired) electrons. The van der Waals surface area contributed by atoms with Crippen molar-refractivity contribution in [2.24, 2.45) is 11.8 Å². The van der Waals surface area contributed by atoms with Gasteiger partial charge in [-0.05, 0) is 44.6 Å². The Morgan fingerprint density at radius 2 is 1.93 bits per heavy atom. The lowest BCUT2D eigenvalue weighted by Gasteiger charge is -2.29. The zero-order valence-corrected chi connectivity index (χ0v) is 10.9. The van der Waals surface area contributed by atoms with E-state index in [0.29, 0.717) is 0 Å². The Hall–Kier alpha value is -0.0400. The maximum absolute atomic E-state index is 3.42. The molecule has 0 saturated heterocycles. The minimum atomic E-state index is 0.756. The van der Waals surface area contributed by atoms with Crippen LogP contribution in [-0.2, 0) is 0 Å². The summed E-state index contributed by atoms with van der Waals surface area (Å²) in [5, 5.41) is 3.42. The standard InChI is InChI=1S/C14H29N/c1-4-12-7-6-8-13(11-12)9-10-14(5-2)15-3/h12-15H,4-11H2,1-3H3. The Balaban J connectivity index is 2.20. The number of rotatable bonds is 6. The maximum Gasteiger partial charge on any atom is 0.00615 e. The molecule has 0 aromatic rings. The first-order valence-corrected chi connectivity index (χ1v) is 6.97. The Kier molecular flexibility index (Phi) is 6.31. The van der Waals surface area contributed by atoms with Crippen LogP contribution < -0.4 is 5.32 Å². The smallest absolute Gasteiger partial charge is 0.00615 e. The monoisotopic (exact) mass is 211 g/mol. The SMILES string of the molecule is CCC1CCCC(CCC(CC)NC)C1. The lowest BCUT2D eigenvalue weighted by molar-refractivity contribution is 0.239. The van der Waals surface area contributed by atoms with Crippen molar-refractivity contribution in [2.45, 2.75) is 71.3 Å². The highest BCUT2D eigenvalue weighted by molar-refractivity contribution is 4.74. The van der Waals surface area contributed by atoms with E-state index >= 15 is 0 Å². The van der Waals surface area contributed by atoms with Gasteiger partial charge in [-0.25, -0.2) is 0 Å². The predicted octanol–water partition coefficient (Wildman–Crippen LogP) is 3.98. The highest BCUT2D eigenvalue weighted by Crippen LogP contribution is 2.33. The molecule has 1 aliphatic carbocycles. The second-order valence-corrected chi connectivity index (χ2v) is 5.28. The third-order valence-electron chi connectivity index (χ3n) is 4.29. The molecule has 1 nitrogen and oxygen atoms in total. The van der Waals surface area contributed by atoms with Gasteiger partial charge in [0.25, 0.3) is 0 Å². The molecule has 0 spiro atoms. The van der Waals surface area contributed by atoms with Crippen LogP contribution in [0.15, 0.2) is 0 Å². The summed E-state index contributed by atoms with van der Waals surface area (Å²) < 4.78 is 0. The fourth-order valence-corrected chi connectivity index (χ4v) is 3.02. The normalized spacial score (nSPS) is 29.0. The Bertz CT molecular complexity index is 151. The van der Waals surface area contributed by atoms with Crippen LogP contribution in [0.3, 0.4) is 0 Å². The van der Waals surface area contributed by atoms with Gasteiger partial charge < -0.3 is 5.32 Å². The topological polar surface area (TPSA) is 12.0 Å². The summed E-state index contributed by atoms with van der Waals surface area (Å²) >= 11 is 0. The second kappa shape index (κ2) is 7.27. The highest BCUT2D eigenvalue weighted by atomic mass is 14.9. The first kappa shape index (κ1) is 13.0. The van der Waals surface area contributed by atoms with Crippen LogP contribution in [0.5, 0.6) is 0 Å². The van der Waals surface area contributed by atoms with Gasteiger partial charge in [0.2, 0.25) is 0 Å². The minimum Gasteiger partial charge on any atom is -0.317 e. The van der Waals surface area contributed by atoms with E-state index in [-0.39, 0.29) is 0 Å². The van der Waals surface area contributed by atoms with Crippen molar-refractivity contribution in [3.8, 4) is 0 Å². The summed E-state index contributed by atoms with van der Waals surface area (Å²) in [5.74, 6) is 2.07. The van der Waals surface area contributed by atoms with Crippen molar-refractivity contribution in [2.75, 3.05) is 7.05 Å². The van der Waals surface area contributed by atoms with E-state index in [2.05, 4.69) is 26.2 Å². The van der Waals surface area contributed by atoms with Gasteiger partial charge >= 0.3 is 0 Å². The molecule has 1 saturated carbocycles. The van der Waals surface area contributed by atoms with Crippen molar-refractivity contribution in [3.05, 3.63) is 0 Å². The summed E-state index contributed by atoms with van der Waals surface area (Å²) in [4.78, 5) is 0. The van der Waals surface area contributed by atoms with Gasteiger partial charge in [0, 0.05) is 6.04 Å². The van der Waals surface area contributed by atoms with Crippen LogP contribution in [0.4, 0.5) is 0 Å². The number of hydrogen-bond acceptors (Lipinski definition) is 1. The predicted molar refractivity (Wildman–Crippen MR) is 68.1 cm³/mol. The summed E-state index contributed by atoms with van der Waals surface area (Å²) in [6.07, 6.45) is 11.5. The quantitative estimate of drug-likeness (QED) is 0.700. The summed E-state index contributed by atoms with van der Waals surface area (Å²) in [5.41, 5.74) is 0. The van der Waals surface area contributed by atoms with Gasteiger partial charge in [0.15, 0.2) is 0 Å². The summed E-state index contributed by atoms with van der Waals surface area (Å²) in [6, 6.07) is 0.756. The van der Waals surface area contributed by atoms with Gasteiger partial charge in [0.1, 0.15) is 0 Å². The van der Waals surface area contributed by atoms with Crippen LogP contribution in [0.1, 0.15) is 65.2 Å². The van der Waals surface area contributed by atoms with Crippen molar-refractivity contribution in [1.29, 1.82) is 0 Å². The molecule has 0 bridgehead atoms. The molecule has 0 aromatic carbocycles. The first-order valence-electron chi connectivity index (χ1n) is 6.97. The molecular formula is C14H29N. The van der Waals surface area contributed by atoms with E-state index in [0.717, 1.165) is 17.9 Å². The summed E-state index contributed by atoms with van der Waals surface area (Å²) in [6.45, 7) is 4.65. The van der Waals surface area contributed by atoms with Gasteiger partial charge in [-0.3, -0.25) is 0 Å². The van der Waals surface area contributed by atoms with E-state index in [1.165, 1.54) is 51.4 Å². The molecule has 0 aromatic heterocycles. The summed E-state index contributed by atoms with van der Waals surface area (Å²) in [7, 11) is 2.10. The number of hydrogen-bond donors (Lipinski definition) is 1. The Morgan fingerprint density at radius 3 is 2.53 bits per heavy atom. The highest BCUT2D eigenvalue weighted by Gasteiger charge is 2.20. The van der Waals surface area contributed by atoms with Crippen LogP contribution in [0.25, 0.3) is 0 Å². The molecule has 1 fully saturated rings. The zero-order chi connectivity index (χ0) is 11.1. The minimum absolute atomic E-state index is 0.756. The molecule has 1 heteroatoms. The average molecular weight is 211 g/mol. The molecule has 1 aliphatic rings. The molecule has 0 amide bonds. The molecule has 3 atom stereocenters. The van der Waals surface area contributed by atoms with Gasteiger partial charge in [-0.2, -0.15) is 0 Å². The molecule has 3 unspecified atom stereocenters.